The van der Waals surface area contributed by atoms with E-state index in [9.17, 15) is 10.1 Å². The molecule has 5 rings (SSSR count). The number of aromatic nitrogens is 2. The van der Waals surface area contributed by atoms with Crippen LogP contribution in [-0.4, -0.2) is 59.3 Å². The van der Waals surface area contributed by atoms with Gasteiger partial charge in [0.15, 0.2) is 5.13 Å². The normalized spacial score (nSPS) is 17.2. The van der Waals surface area contributed by atoms with Gasteiger partial charge in [0.25, 0.3) is 0 Å². The lowest BCUT2D eigenvalue weighted by molar-refractivity contribution is 0.000891. The summed E-state index contributed by atoms with van der Waals surface area (Å²) in [5, 5.41) is 16.5. The first-order valence-corrected chi connectivity index (χ1v) is 12.6. The molecule has 2 fully saturated rings. The molecule has 8 nitrogen and oxygen atoms in total. The number of likely N-dealkylation sites (tertiary alicyclic amines) is 1. The van der Waals surface area contributed by atoms with Crippen molar-refractivity contribution in [3.05, 3.63) is 53.3 Å². The molecule has 1 spiro atoms. The fraction of sp³-hybridized carbons (Fsp3) is 0.385. The molecule has 0 radical (unpaired) electrons. The number of carbonyl (C=O) groups is 1. The summed E-state index contributed by atoms with van der Waals surface area (Å²) in [7, 11) is 0. The van der Waals surface area contributed by atoms with E-state index < -0.39 is 0 Å². The van der Waals surface area contributed by atoms with Crippen molar-refractivity contribution in [1.82, 2.24) is 20.2 Å². The second-order valence-electron chi connectivity index (χ2n) is 9.20. The quantitative estimate of drug-likeness (QED) is 0.568. The first-order chi connectivity index (χ1) is 16.9. The number of rotatable bonds is 3. The molecule has 0 unspecified atom stereocenters. The van der Waals surface area contributed by atoms with Crippen LogP contribution in [0.4, 0.5) is 9.93 Å². The lowest BCUT2D eigenvalue weighted by atomic mass is 9.87. The van der Waals surface area contributed by atoms with Crippen molar-refractivity contribution in [3.8, 4) is 27.8 Å². The third-order valence-corrected chi connectivity index (χ3v) is 7.60. The number of benzene rings is 1. The van der Waals surface area contributed by atoms with Crippen LogP contribution in [0, 0.1) is 25.2 Å². The number of hydrogen-bond acceptors (Lipinski definition) is 7. The second-order valence-corrected chi connectivity index (χ2v) is 10.2. The Bertz CT molecular complexity index is 1260. The number of nitrogens with one attached hydrogen (secondary N) is 2. The van der Waals surface area contributed by atoms with Crippen molar-refractivity contribution >= 4 is 22.5 Å². The zero-order valence-electron chi connectivity index (χ0n) is 19.9. The van der Waals surface area contributed by atoms with E-state index in [1.54, 1.807) is 6.07 Å². The van der Waals surface area contributed by atoms with Gasteiger partial charge in [-0.15, -0.1) is 0 Å². The van der Waals surface area contributed by atoms with Crippen LogP contribution < -0.4 is 10.6 Å². The average Bonchev–Trinajstić information content (AvgIpc) is 3.28. The fourth-order valence-corrected chi connectivity index (χ4v) is 5.77. The van der Waals surface area contributed by atoms with E-state index >= 15 is 0 Å². The summed E-state index contributed by atoms with van der Waals surface area (Å²) >= 11 is 1.44. The van der Waals surface area contributed by atoms with Crippen LogP contribution in [0.5, 0.6) is 0 Å². The highest BCUT2D eigenvalue weighted by atomic mass is 32.1. The molecule has 35 heavy (non-hydrogen) atoms. The van der Waals surface area contributed by atoms with E-state index in [1.165, 1.54) is 11.3 Å². The van der Waals surface area contributed by atoms with Gasteiger partial charge in [-0.25, -0.2) is 9.78 Å². The van der Waals surface area contributed by atoms with Crippen molar-refractivity contribution in [2.75, 3.05) is 38.2 Å². The highest BCUT2D eigenvalue weighted by Gasteiger charge is 2.37. The zero-order valence-corrected chi connectivity index (χ0v) is 20.7. The lowest BCUT2D eigenvalue weighted by Crippen LogP contribution is -2.60. The Hall–Kier alpha value is -3.32. The molecule has 0 saturated carbocycles. The predicted molar refractivity (Wildman–Crippen MR) is 136 cm³/mol. The zero-order chi connectivity index (χ0) is 24.4. The number of nitriles is 1. The average molecular weight is 489 g/mol. The molecule has 9 heteroatoms. The minimum absolute atomic E-state index is 0.0145. The van der Waals surface area contributed by atoms with Crippen LogP contribution in [0.1, 0.15) is 29.8 Å². The number of morpholine rings is 1. The molecule has 2 aliphatic rings. The molecule has 1 aromatic carbocycles. The van der Waals surface area contributed by atoms with Gasteiger partial charge >= 0.3 is 6.03 Å². The number of urea groups is 1. The highest BCUT2D eigenvalue weighted by Crippen LogP contribution is 2.40. The van der Waals surface area contributed by atoms with Gasteiger partial charge in [-0.2, -0.15) is 5.26 Å². The Morgan fingerprint density at radius 1 is 1.17 bits per heavy atom. The summed E-state index contributed by atoms with van der Waals surface area (Å²) < 4.78 is 5.67. The number of aryl methyl sites for hydroxylation is 2. The molecular weight excluding hydrogens is 460 g/mol. The Morgan fingerprint density at radius 2 is 1.94 bits per heavy atom. The van der Waals surface area contributed by atoms with Crippen LogP contribution in [0.25, 0.3) is 21.7 Å². The largest absolute Gasteiger partial charge is 0.378 e. The number of hydrogen-bond donors (Lipinski definition) is 2. The summed E-state index contributed by atoms with van der Waals surface area (Å²) in [6.07, 6.45) is 1.73. The Balaban J connectivity index is 1.41. The number of amides is 2. The molecule has 0 bridgehead atoms. The highest BCUT2D eigenvalue weighted by molar-refractivity contribution is 7.19. The molecule has 2 aromatic heterocycles. The molecular formula is C26H28N6O2S. The third-order valence-electron chi connectivity index (χ3n) is 6.58. The Kier molecular flexibility index (Phi) is 6.52. The number of carbonyl (C=O) groups excluding carboxylic acids is 1. The molecule has 0 aliphatic carbocycles. The maximum absolute atomic E-state index is 13.1. The molecule has 2 aliphatic heterocycles. The van der Waals surface area contributed by atoms with Crippen molar-refractivity contribution in [3.63, 3.8) is 0 Å². The van der Waals surface area contributed by atoms with Gasteiger partial charge < -0.3 is 15.0 Å². The van der Waals surface area contributed by atoms with Gasteiger partial charge in [-0.05, 0) is 56.5 Å². The standard InChI is InChI=1S/C26H28N6O2S/c1-17-12-21(13-18(2)29-17)23-22(20-5-3-4-19(14-20)15-27)30-24(35-23)31-25(33)32-9-6-26(7-10-32)16-34-11-8-28-26/h3-5,12-14,28H,6-11,16H2,1-2H3,(H,30,31,33). The topological polar surface area (TPSA) is 103 Å². The number of anilines is 1. The van der Waals surface area contributed by atoms with Crippen LogP contribution in [0.15, 0.2) is 36.4 Å². The summed E-state index contributed by atoms with van der Waals surface area (Å²) in [6, 6.07) is 13.5. The van der Waals surface area contributed by atoms with Gasteiger partial charge in [0.05, 0.1) is 35.4 Å². The lowest BCUT2D eigenvalue weighted by Gasteiger charge is -2.44. The monoisotopic (exact) mass is 488 g/mol. The van der Waals surface area contributed by atoms with Crippen molar-refractivity contribution < 1.29 is 9.53 Å². The van der Waals surface area contributed by atoms with E-state index in [-0.39, 0.29) is 11.6 Å². The molecule has 4 heterocycles. The predicted octanol–water partition coefficient (Wildman–Crippen LogP) is 4.35. The van der Waals surface area contributed by atoms with E-state index in [1.807, 2.05) is 49.1 Å². The van der Waals surface area contributed by atoms with Gasteiger partial charge in [0.1, 0.15) is 0 Å². The minimum Gasteiger partial charge on any atom is -0.378 e. The number of nitrogens with zero attached hydrogens (tertiary/aromatic N) is 4. The maximum atomic E-state index is 13.1. The van der Waals surface area contributed by atoms with Gasteiger partial charge in [-0.3, -0.25) is 10.3 Å². The van der Waals surface area contributed by atoms with Crippen LogP contribution in [-0.2, 0) is 4.74 Å². The summed E-state index contributed by atoms with van der Waals surface area (Å²) in [5.74, 6) is 0. The van der Waals surface area contributed by atoms with Gasteiger partial charge in [-0.1, -0.05) is 23.5 Å². The van der Waals surface area contributed by atoms with Crippen molar-refractivity contribution in [2.24, 2.45) is 0 Å². The maximum Gasteiger partial charge on any atom is 0.323 e. The summed E-state index contributed by atoms with van der Waals surface area (Å²) in [5.41, 5.74) is 4.96. The van der Waals surface area contributed by atoms with E-state index in [2.05, 4.69) is 21.7 Å². The van der Waals surface area contributed by atoms with E-state index in [0.717, 1.165) is 59.1 Å². The molecule has 2 amide bonds. The molecule has 2 saturated heterocycles. The number of ether oxygens (including phenoxy) is 1. The molecule has 3 aromatic rings. The number of thiazole rings is 1. The van der Waals surface area contributed by atoms with E-state index in [0.29, 0.717) is 30.4 Å². The van der Waals surface area contributed by atoms with E-state index in [4.69, 9.17) is 9.72 Å². The SMILES string of the molecule is Cc1cc(-c2sc(NC(=O)N3CCC4(CC3)COCCN4)nc2-c2cccc(C#N)c2)cc(C)n1. The number of pyridine rings is 1. The first kappa shape index (κ1) is 23.4. The van der Waals surface area contributed by atoms with Gasteiger partial charge in [0, 0.05) is 42.1 Å². The fourth-order valence-electron chi connectivity index (χ4n) is 4.80. The van der Waals surface area contributed by atoms with Gasteiger partial charge in [0.2, 0.25) is 0 Å². The van der Waals surface area contributed by atoms with Crippen LogP contribution >= 0.6 is 11.3 Å². The van der Waals surface area contributed by atoms with Crippen molar-refractivity contribution in [2.45, 2.75) is 32.2 Å². The van der Waals surface area contributed by atoms with Crippen LogP contribution in [0.3, 0.4) is 0 Å². The summed E-state index contributed by atoms with van der Waals surface area (Å²) in [6.45, 7) is 7.57. The third kappa shape index (κ3) is 5.05. The Morgan fingerprint density at radius 3 is 2.63 bits per heavy atom. The summed E-state index contributed by atoms with van der Waals surface area (Å²) in [4.78, 5) is 25.2. The molecule has 2 N–H and O–H groups in total. The first-order valence-electron chi connectivity index (χ1n) is 11.8. The molecule has 180 valence electrons. The van der Waals surface area contributed by atoms with Crippen LogP contribution in [0.2, 0.25) is 0 Å². The van der Waals surface area contributed by atoms with Crippen molar-refractivity contribution in [1.29, 1.82) is 5.26 Å². The number of piperidine rings is 1. The molecule has 0 atom stereocenters. The smallest absolute Gasteiger partial charge is 0.323 e. The second kappa shape index (κ2) is 9.74. The minimum atomic E-state index is -0.142. The Labute approximate surface area is 209 Å².